The third-order valence-electron chi connectivity index (χ3n) is 2.13. The van der Waals surface area contributed by atoms with E-state index in [4.69, 9.17) is 4.74 Å². The molecular formula is C12H10BrFOS. The van der Waals surface area contributed by atoms with Crippen LogP contribution in [0.2, 0.25) is 0 Å². The SMILES string of the molecule is Cc1cc(F)ccc1OCc1cc(Br)cs1. The molecule has 0 amide bonds. The maximum Gasteiger partial charge on any atom is 0.123 e. The van der Waals surface area contributed by atoms with Crippen LogP contribution in [0.25, 0.3) is 0 Å². The molecule has 0 aliphatic rings. The van der Waals surface area contributed by atoms with Gasteiger partial charge in [0.25, 0.3) is 0 Å². The van der Waals surface area contributed by atoms with E-state index in [0.29, 0.717) is 6.61 Å². The van der Waals surface area contributed by atoms with Crippen molar-refractivity contribution in [3.05, 3.63) is 50.4 Å². The number of hydrogen-bond acceptors (Lipinski definition) is 2. The van der Waals surface area contributed by atoms with Crippen molar-refractivity contribution in [3.63, 3.8) is 0 Å². The molecule has 0 spiro atoms. The highest BCUT2D eigenvalue weighted by Gasteiger charge is 2.03. The molecule has 2 aromatic rings. The van der Waals surface area contributed by atoms with E-state index in [2.05, 4.69) is 15.9 Å². The maximum atomic E-state index is 12.9. The van der Waals surface area contributed by atoms with Crippen LogP contribution >= 0.6 is 27.3 Å². The van der Waals surface area contributed by atoms with Crippen LogP contribution in [0, 0.1) is 12.7 Å². The molecule has 0 saturated carbocycles. The summed E-state index contributed by atoms with van der Waals surface area (Å²) in [5.41, 5.74) is 0.815. The highest BCUT2D eigenvalue weighted by atomic mass is 79.9. The number of hydrogen-bond donors (Lipinski definition) is 0. The molecule has 2 rings (SSSR count). The first-order chi connectivity index (χ1) is 7.65. The first-order valence-electron chi connectivity index (χ1n) is 4.77. The zero-order valence-electron chi connectivity index (χ0n) is 8.67. The summed E-state index contributed by atoms with van der Waals surface area (Å²) in [6, 6.07) is 6.56. The van der Waals surface area contributed by atoms with Gasteiger partial charge in [0.05, 0.1) is 0 Å². The predicted octanol–water partition coefficient (Wildman–Crippen LogP) is 4.54. The van der Waals surface area contributed by atoms with E-state index in [9.17, 15) is 4.39 Å². The lowest BCUT2D eigenvalue weighted by atomic mass is 10.2. The second-order valence-corrected chi connectivity index (χ2v) is 5.34. The van der Waals surface area contributed by atoms with E-state index in [1.165, 1.54) is 12.1 Å². The molecule has 0 saturated heterocycles. The minimum absolute atomic E-state index is 0.233. The van der Waals surface area contributed by atoms with Gasteiger partial charge in [-0.05, 0) is 52.7 Å². The molecule has 1 nitrogen and oxygen atoms in total. The lowest BCUT2D eigenvalue weighted by Gasteiger charge is -2.07. The van der Waals surface area contributed by atoms with Gasteiger partial charge in [0.15, 0.2) is 0 Å². The van der Waals surface area contributed by atoms with E-state index >= 15 is 0 Å². The van der Waals surface area contributed by atoms with Gasteiger partial charge < -0.3 is 4.74 Å². The molecule has 4 heteroatoms. The molecule has 0 unspecified atom stereocenters. The lowest BCUT2D eigenvalue weighted by molar-refractivity contribution is 0.307. The maximum absolute atomic E-state index is 12.9. The average molecular weight is 301 g/mol. The Balaban J connectivity index is 2.04. The standard InChI is InChI=1S/C12H10BrFOS/c1-8-4-10(14)2-3-12(8)15-6-11-5-9(13)7-16-11/h2-5,7H,6H2,1H3. The van der Waals surface area contributed by atoms with E-state index < -0.39 is 0 Å². The van der Waals surface area contributed by atoms with Gasteiger partial charge in [-0.1, -0.05) is 0 Å². The minimum Gasteiger partial charge on any atom is -0.488 e. The van der Waals surface area contributed by atoms with Gasteiger partial charge in [0.2, 0.25) is 0 Å². The highest BCUT2D eigenvalue weighted by molar-refractivity contribution is 9.10. The summed E-state index contributed by atoms with van der Waals surface area (Å²) in [6.45, 7) is 2.35. The molecule has 1 aromatic heterocycles. The van der Waals surface area contributed by atoms with E-state index in [0.717, 1.165) is 20.7 Å². The van der Waals surface area contributed by atoms with Gasteiger partial charge in [-0.15, -0.1) is 11.3 Å². The van der Waals surface area contributed by atoms with Gasteiger partial charge in [-0.2, -0.15) is 0 Å². The monoisotopic (exact) mass is 300 g/mol. The smallest absolute Gasteiger partial charge is 0.123 e. The molecule has 0 fully saturated rings. The van der Waals surface area contributed by atoms with E-state index in [1.54, 1.807) is 17.4 Å². The second kappa shape index (κ2) is 4.97. The summed E-state index contributed by atoms with van der Waals surface area (Å²) >= 11 is 5.02. The molecule has 1 aromatic carbocycles. The summed E-state index contributed by atoms with van der Waals surface area (Å²) in [5, 5.41) is 2.01. The Labute approximate surface area is 106 Å². The topological polar surface area (TPSA) is 9.23 Å². The molecule has 1 heterocycles. The predicted molar refractivity (Wildman–Crippen MR) is 67.5 cm³/mol. The molecule has 0 atom stereocenters. The Morgan fingerprint density at radius 3 is 2.81 bits per heavy atom. The number of benzene rings is 1. The summed E-state index contributed by atoms with van der Waals surface area (Å²) in [5.74, 6) is 0.495. The number of ether oxygens (including phenoxy) is 1. The molecule has 16 heavy (non-hydrogen) atoms. The Hall–Kier alpha value is -0.870. The Morgan fingerprint density at radius 1 is 1.38 bits per heavy atom. The summed E-state index contributed by atoms with van der Waals surface area (Å²) in [7, 11) is 0. The van der Waals surface area contributed by atoms with Crippen molar-refractivity contribution in [1.29, 1.82) is 0 Å². The quantitative estimate of drug-likeness (QED) is 0.809. The van der Waals surface area contributed by atoms with Crippen molar-refractivity contribution in [2.45, 2.75) is 13.5 Å². The fourth-order valence-electron chi connectivity index (χ4n) is 1.35. The van der Waals surface area contributed by atoms with Crippen molar-refractivity contribution in [1.82, 2.24) is 0 Å². The van der Waals surface area contributed by atoms with Crippen LogP contribution in [0.4, 0.5) is 4.39 Å². The second-order valence-electron chi connectivity index (χ2n) is 3.43. The zero-order valence-corrected chi connectivity index (χ0v) is 11.1. The number of halogens is 2. The van der Waals surface area contributed by atoms with Gasteiger partial charge in [0.1, 0.15) is 18.2 Å². The first-order valence-corrected chi connectivity index (χ1v) is 6.44. The fourth-order valence-corrected chi connectivity index (χ4v) is 2.72. The third-order valence-corrected chi connectivity index (χ3v) is 3.80. The van der Waals surface area contributed by atoms with Crippen LogP contribution in [0.1, 0.15) is 10.4 Å². The third kappa shape index (κ3) is 2.83. The van der Waals surface area contributed by atoms with Gasteiger partial charge >= 0.3 is 0 Å². The number of thiophene rings is 1. The first kappa shape index (κ1) is 11.6. The number of rotatable bonds is 3. The van der Waals surface area contributed by atoms with Crippen molar-refractivity contribution >= 4 is 27.3 Å². The van der Waals surface area contributed by atoms with Crippen molar-refractivity contribution in [3.8, 4) is 5.75 Å². The summed E-state index contributed by atoms with van der Waals surface area (Å²) in [4.78, 5) is 1.13. The van der Waals surface area contributed by atoms with Crippen LogP contribution in [-0.2, 0) is 6.61 Å². The van der Waals surface area contributed by atoms with Crippen LogP contribution < -0.4 is 4.74 Å². The zero-order chi connectivity index (χ0) is 11.5. The molecular weight excluding hydrogens is 291 g/mol. The average Bonchev–Trinajstić information content (AvgIpc) is 2.63. The molecule has 0 bridgehead atoms. The molecule has 0 N–H and O–H groups in total. The minimum atomic E-state index is -0.233. The van der Waals surface area contributed by atoms with E-state index in [1.807, 2.05) is 18.4 Å². The fraction of sp³-hybridized carbons (Fsp3) is 0.167. The van der Waals surface area contributed by atoms with Gasteiger partial charge in [0, 0.05) is 14.7 Å². The van der Waals surface area contributed by atoms with Crippen LogP contribution in [0.5, 0.6) is 5.75 Å². The molecule has 0 aliphatic carbocycles. The van der Waals surface area contributed by atoms with Crippen LogP contribution in [0.3, 0.4) is 0 Å². The lowest BCUT2D eigenvalue weighted by Crippen LogP contribution is -1.95. The molecule has 0 radical (unpaired) electrons. The summed E-state index contributed by atoms with van der Waals surface area (Å²) < 4.78 is 19.5. The van der Waals surface area contributed by atoms with Gasteiger partial charge in [-0.25, -0.2) is 4.39 Å². The largest absolute Gasteiger partial charge is 0.488 e. The van der Waals surface area contributed by atoms with E-state index in [-0.39, 0.29) is 5.82 Å². The van der Waals surface area contributed by atoms with Crippen LogP contribution in [-0.4, -0.2) is 0 Å². The number of aryl methyl sites for hydroxylation is 1. The Morgan fingerprint density at radius 2 is 2.19 bits per heavy atom. The van der Waals surface area contributed by atoms with Crippen LogP contribution in [0.15, 0.2) is 34.1 Å². The van der Waals surface area contributed by atoms with Crippen molar-refractivity contribution < 1.29 is 9.13 Å². The van der Waals surface area contributed by atoms with Crippen molar-refractivity contribution in [2.75, 3.05) is 0 Å². The Bertz CT molecular complexity index is 496. The molecule has 0 aliphatic heterocycles. The Kier molecular flexibility index (Phi) is 3.61. The highest BCUT2D eigenvalue weighted by Crippen LogP contribution is 2.23. The molecule has 84 valence electrons. The summed E-state index contributed by atoms with van der Waals surface area (Å²) in [6.07, 6.45) is 0. The van der Waals surface area contributed by atoms with Crippen molar-refractivity contribution in [2.24, 2.45) is 0 Å². The van der Waals surface area contributed by atoms with Gasteiger partial charge in [-0.3, -0.25) is 0 Å². The normalized spacial score (nSPS) is 10.4.